The lowest BCUT2D eigenvalue weighted by molar-refractivity contribution is 0.162. The van der Waals surface area contributed by atoms with Crippen LogP contribution in [-0.2, 0) is 6.54 Å². The van der Waals surface area contributed by atoms with Crippen molar-refractivity contribution in [2.45, 2.75) is 51.0 Å². The zero-order valence-electron chi connectivity index (χ0n) is 18.1. The van der Waals surface area contributed by atoms with E-state index in [1.165, 1.54) is 50.8 Å². The van der Waals surface area contributed by atoms with Gasteiger partial charge in [-0.1, -0.05) is 54.1 Å². The molecule has 0 spiro atoms. The Balaban J connectivity index is 1.23. The zero-order chi connectivity index (χ0) is 20.6. The zero-order valence-corrected chi connectivity index (χ0v) is 18.1. The molecule has 1 fully saturated rings. The van der Waals surface area contributed by atoms with Gasteiger partial charge in [-0.15, -0.1) is 0 Å². The molecule has 0 amide bonds. The molecule has 2 aromatic rings. The number of ether oxygens (including phenoxy) is 1. The fourth-order valence-electron chi connectivity index (χ4n) is 5.14. The van der Waals surface area contributed by atoms with E-state index in [4.69, 9.17) is 10.5 Å². The third-order valence-corrected chi connectivity index (χ3v) is 6.78. The Hall–Kier alpha value is -2.10. The molecule has 1 unspecified atom stereocenters. The van der Waals surface area contributed by atoms with Gasteiger partial charge in [0.2, 0.25) is 0 Å². The highest BCUT2D eigenvalue weighted by atomic mass is 16.5. The van der Waals surface area contributed by atoms with Crippen molar-refractivity contribution < 1.29 is 4.74 Å². The second-order valence-electron chi connectivity index (χ2n) is 8.79. The Labute approximate surface area is 181 Å². The maximum atomic E-state index is 5.91. The highest BCUT2D eigenvalue weighted by Crippen LogP contribution is 2.42. The second kappa shape index (κ2) is 10.8. The lowest BCUT2D eigenvalue weighted by Crippen LogP contribution is -2.37. The molecule has 0 aromatic heterocycles. The summed E-state index contributed by atoms with van der Waals surface area (Å²) in [6.45, 7) is 4.92. The first-order valence-corrected chi connectivity index (χ1v) is 11.7. The molecule has 2 aromatic carbocycles. The third kappa shape index (κ3) is 5.53. The van der Waals surface area contributed by atoms with Crippen LogP contribution in [0.25, 0.3) is 0 Å². The lowest BCUT2D eigenvalue weighted by Gasteiger charge is -2.37. The van der Waals surface area contributed by atoms with Crippen LogP contribution in [0.2, 0.25) is 0 Å². The van der Waals surface area contributed by atoms with E-state index in [0.29, 0.717) is 12.5 Å². The van der Waals surface area contributed by atoms with Crippen LogP contribution in [0.5, 0.6) is 5.75 Å². The van der Waals surface area contributed by atoms with E-state index in [-0.39, 0.29) is 0 Å². The van der Waals surface area contributed by atoms with Gasteiger partial charge in [-0.05, 0) is 80.8 Å². The van der Waals surface area contributed by atoms with Crippen molar-refractivity contribution in [1.82, 2.24) is 4.90 Å². The normalized spacial score (nSPS) is 18.9. The molecule has 1 atom stereocenters. The Bertz CT molecular complexity index is 791. The van der Waals surface area contributed by atoms with Crippen molar-refractivity contribution in [1.29, 1.82) is 0 Å². The quantitative estimate of drug-likeness (QED) is 0.442. The van der Waals surface area contributed by atoms with Crippen LogP contribution in [0.1, 0.15) is 55.6 Å². The topological polar surface area (TPSA) is 38.5 Å². The van der Waals surface area contributed by atoms with E-state index in [9.17, 15) is 0 Å². The van der Waals surface area contributed by atoms with Gasteiger partial charge in [-0.25, -0.2) is 0 Å². The molecule has 1 saturated heterocycles. The minimum atomic E-state index is 0.582. The predicted octanol–water partition coefficient (Wildman–Crippen LogP) is 5.52. The summed E-state index contributed by atoms with van der Waals surface area (Å²) in [6, 6.07) is 19.4. The van der Waals surface area contributed by atoms with Gasteiger partial charge in [0.05, 0.1) is 6.61 Å². The van der Waals surface area contributed by atoms with Gasteiger partial charge >= 0.3 is 0 Å². The van der Waals surface area contributed by atoms with Gasteiger partial charge in [0, 0.05) is 19.0 Å². The SMILES string of the molecule is NCc1ccc(OCCCN2CCC(C(C3=CCCC3)c3ccccc3)CC2)cc1. The van der Waals surface area contributed by atoms with E-state index in [0.717, 1.165) is 36.8 Å². The van der Waals surface area contributed by atoms with Crippen LogP contribution in [0.15, 0.2) is 66.2 Å². The molecular formula is C27H36N2O. The average molecular weight is 405 g/mol. The van der Waals surface area contributed by atoms with Crippen LogP contribution >= 0.6 is 0 Å². The maximum Gasteiger partial charge on any atom is 0.119 e. The first kappa shape index (κ1) is 21.1. The second-order valence-corrected chi connectivity index (χ2v) is 8.79. The molecule has 0 radical (unpaired) electrons. The fraction of sp³-hybridized carbons (Fsp3) is 0.481. The summed E-state index contributed by atoms with van der Waals surface area (Å²) in [6.07, 6.45) is 10.1. The lowest BCUT2D eigenvalue weighted by atomic mass is 9.75. The first-order valence-electron chi connectivity index (χ1n) is 11.7. The minimum absolute atomic E-state index is 0.582. The number of hydrogen-bond acceptors (Lipinski definition) is 3. The molecule has 1 aliphatic heterocycles. The average Bonchev–Trinajstić information content (AvgIpc) is 3.33. The predicted molar refractivity (Wildman–Crippen MR) is 125 cm³/mol. The smallest absolute Gasteiger partial charge is 0.119 e. The summed E-state index contributed by atoms with van der Waals surface area (Å²) in [5.41, 5.74) is 10.0. The summed E-state index contributed by atoms with van der Waals surface area (Å²) in [4.78, 5) is 2.63. The summed E-state index contributed by atoms with van der Waals surface area (Å²) in [5, 5.41) is 0. The summed E-state index contributed by atoms with van der Waals surface area (Å²) >= 11 is 0. The van der Waals surface area contributed by atoms with Gasteiger partial charge < -0.3 is 15.4 Å². The van der Waals surface area contributed by atoms with Crippen LogP contribution in [-0.4, -0.2) is 31.1 Å². The van der Waals surface area contributed by atoms with Gasteiger partial charge in [0.15, 0.2) is 0 Å². The van der Waals surface area contributed by atoms with E-state index in [1.54, 1.807) is 5.57 Å². The highest BCUT2D eigenvalue weighted by Gasteiger charge is 2.30. The van der Waals surface area contributed by atoms with E-state index in [2.05, 4.69) is 41.3 Å². The largest absolute Gasteiger partial charge is 0.494 e. The Morgan fingerprint density at radius 3 is 2.43 bits per heavy atom. The molecule has 30 heavy (non-hydrogen) atoms. The van der Waals surface area contributed by atoms with Crippen molar-refractivity contribution in [3.05, 3.63) is 77.4 Å². The Kier molecular flexibility index (Phi) is 7.60. The van der Waals surface area contributed by atoms with E-state index >= 15 is 0 Å². The number of allylic oxidation sites excluding steroid dienone is 2. The number of piperidine rings is 1. The highest BCUT2D eigenvalue weighted by molar-refractivity contribution is 5.32. The monoisotopic (exact) mass is 404 g/mol. The molecule has 3 heteroatoms. The molecule has 0 bridgehead atoms. The number of hydrogen-bond donors (Lipinski definition) is 1. The molecule has 2 N–H and O–H groups in total. The minimum Gasteiger partial charge on any atom is -0.494 e. The maximum absolute atomic E-state index is 5.91. The molecular weight excluding hydrogens is 368 g/mol. The molecule has 3 nitrogen and oxygen atoms in total. The number of nitrogens with zero attached hydrogens (tertiary/aromatic N) is 1. The summed E-state index contributed by atoms with van der Waals surface area (Å²) < 4.78 is 5.91. The van der Waals surface area contributed by atoms with Crippen molar-refractivity contribution >= 4 is 0 Å². The van der Waals surface area contributed by atoms with Gasteiger partial charge in [0.25, 0.3) is 0 Å². The number of nitrogens with two attached hydrogens (primary N) is 1. The van der Waals surface area contributed by atoms with Crippen molar-refractivity contribution in [2.75, 3.05) is 26.2 Å². The molecule has 1 heterocycles. The van der Waals surface area contributed by atoms with E-state index in [1.807, 2.05) is 24.3 Å². The third-order valence-electron chi connectivity index (χ3n) is 6.78. The Morgan fingerprint density at radius 1 is 1.00 bits per heavy atom. The molecule has 4 rings (SSSR count). The van der Waals surface area contributed by atoms with Crippen LogP contribution in [0, 0.1) is 5.92 Å². The van der Waals surface area contributed by atoms with Crippen LogP contribution in [0.4, 0.5) is 0 Å². The fourth-order valence-corrected chi connectivity index (χ4v) is 5.14. The Morgan fingerprint density at radius 2 is 1.77 bits per heavy atom. The van der Waals surface area contributed by atoms with Crippen LogP contribution in [0.3, 0.4) is 0 Å². The number of rotatable bonds is 9. The van der Waals surface area contributed by atoms with Crippen molar-refractivity contribution in [3.63, 3.8) is 0 Å². The summed E-state index contributed by atoms with van der Waals surface area (Å²) in [7, 11) is 0. The van der Waals surface area contributed by atoms with Crippen LogP contribution < -0.4 is 10.5 Å². The van der Waals surface area contributed by atoms with Gasteiger partial charge in [-0.2, -0.15) is 0 Å². The van der Waals surface area contributed by atoms with Gasteiger partial charge in [0.1, 0.15) is 5.75 Å². The van der Waals surface area contributed by atoms with Crippen molar-refractivity contribution in [3.8, 4) is 5.75 Å². The summed E-state index contributed by atoms with van der Waals surface area (Å²) in [5.74, 6) is 2.36. The van der Waals surface area contributed by atoms with Crippen molar-refractivity contribution in [2.24, 2.45) is 11.7 Å². The standard InChI is InChI=1S/C27H36N2O/c28-21-22-11-13-26(14-12-22)30-20-6-17-29-18-15-25(16-19-29)27(24-9-4-5-10-24)23-7-2-1-3-8-23/h1-3,7-9,11-14,25,27H,4-6,10,15-21,28H2. The molecule has 0 saturated carbocycles. The van der Waals surface area contributed by atoms with Gasteiger partial charge in [-0.3, -0.25) is 0 Å². The number of benzene rings is 2. The molecule has 1 aliphatic carbocycles. The van der Waals surface area contributed by atoms with E-state index < -0.39 is 0 Å². The molecule has 160 valence electrons. The number of likely N-dealkylation sites (tertiary alicyclic amines) is 1. The molecule has 2 aliphatic rings. The first-order chi connectivity index (χ1) is 14.8.